The summed E-state index contributed by atoms with van der Waals surface area (Å²) in [6, 6.07) is 4.87. The number of carbonyl (C=O) groups excluding carboxylic acids is 2. The van der Waals surface area contributed by atoms with Gasteiger partial charge in [-0.25, -0.2) is 0 Å². The molecule has 1 heterocycles. The van der Waals surface area contributed by atoms with Crippen molar-refractivity contribution in [2.45, 2.75) is 6.04 Å². The number of amides is 2. The Morgan fingerprint density at radius 3 is 2.80 bits per heavy atom. The summed E-state index contributed by atoms with van der Waals surface area (Å²) in [5, 5.41) is 8.92. The van der Waals surface area contributed by atoms with Gasteiger partial charge in [-0.15, -0.1) is 0 Å². The second kappa shape index (κ2) is 6.11. The lowest BCUT2D eigenvalue weighted by Gasteiger charge is -2.24. The maximum absolute atomic E-state index is 12.2. The van der Waals surface area contributed by atoms with Crippen LogP contribution in [0.25, 0.3) is 0 Å². The first-order chi connectivity index (χ1) is 9.47. The molecule has 1 unspecified atom stereocenters. The van der Waals surface area contributed by atoms with Gasteiger partial charge in [0, 0.05) is 25.7 Å². The molecule has 1 atom stereocenters. The van der Waals surface area contributed by atoms with E-state index in [1.807, 2.05) is 25.1 Å². The van der Waals surface area contributed by atoms with Crippen LogP contribution in [-0.4, -0.2) is 45.0 Å². The van der Waals surface area contributed by atoms with Crippen LogP contribution in [0.4, 0.5) is 11.4 Å². The maximum Gasteiger partial charge on any atom is 0.243 e. The van der Waals surface area contributed by atoms with Gasteiger partial charge in [0.15, 0.2) is 0 Å². The molecular formula is C13H17ClN4O2. The van der Waals surface area contributed by atoms with Crippen LogP contribution < -0.4 is 20.9 Å². The Kier molecular flexibility index (Phi) is 4.46. The summed E-state index contributed by atoms with van der Waals surface area (Å²) in [5.74, 6) is -0.304. The van der Waals surface area contributed by atoms with Gasteiger partial charge in [-0.1, -0.05) is 11.6 Å². The molecule has 0 saturated carbocycles. The molecular weight excluding hydrogens is 280 g/mol. The number of hydrogen-bond donors (Lipinski definition) is 3. The molecule has 108 valence electrons. The van der Waals surface area contributed by atoms with E-state index in [2.05, 4.69) is 16.0 Å². The monoisotopic (exact) mass is 296 g/mol. The summed E-state index contributed by atoms with van der Waals surface area (Å²) in [6.45, 7) is 0.427. The highest BCUT2D eigenvalue weighted by Gasteiger charge is 2.24. The van der Waals surface area contributed by atoms with Gasteiger partial charge in [-0.3, -0.25) is 14.9 Å². The zero-order chi connectivity index (χ0) is 14.7. The van der Waals surface area contributed by atoms with E-state index in [0.29, 0.717) is 10.7 Å². The van der Waals surface area contributed by atoms with E-state index < -0.39 is 6.04 Å². The summed E-state index contributed by atoms with van der Waals surface area (Å²) >= 11 is 5.97. The van der Waals surface area contributed by atoms with Gasteiger partial charge in [-0.05, 0) is 18.2 Å². The predicted molar refractivity (Wildman–Crippen MR) is 79.2 cm³/mol. The summed E-state index contributed by atoms with van der Waals surface area (Å²) in [5.41, 5.74) is 1.51. The standard InChI is InChI=1S/C13H17ClN4O2/c1-18(2)11-4-3-8(14)5-9(11)17-13(20)10-6-16-12(19)7-15-10/h3-5,10,15H,6-7H2,1-2H3,(H,16,19)(H,17,20). The minimum atomic E-state index is -0.443. The van der Waals surface area contributed by atoms with Gasteiger partial charge in [0.2, 0.25) is 11.8 Å². The number of nitrogens with zero attached hydrogens (tertiary/aromatic N) is 1. The molecule has 1 saturated heterocycles. The molecule has 7 heteroatoms. The quantitative estimate of drug-likeness (QED) is 0.756. The van der Waals surface area contributed by atoms with Crippen LogP contribution >= 0.6 is 11.6 Å². The Hall–Kier alpha value is -1.79. The second-order valence-electron chi connectivity index (χ2n) is 4.78. The van der Waals surface area contributed by atoms with E-state index in [1.54, 1.807) is 12.1 Å². The smallest absolute Gasteiger partial charge is 0.243 e. The Labute approximate surface area is 122 Å². The molecule has 1 aromatic rings. The van der Waals surface area contributed by atoms with Gasteiger partial charge in [0.25, 0.3) is 0 Å². The molecule has 0 aromatic heterocycles. The molecule has 2 amide bonds. The van der Waals surface area contributed by atoms with Crippen molar-refractivity contribution in [1.82, 2.24) is 10.6 Å². The molecule has 1 aliphatic rings. The van der Waals surface area contributed by atoms with Crippen molar-refractivity contribution >= 4 is 34.8 Å². The highest BCUT2D eigenvalue weighted by molar-refractivity contribution is 6.31. The lowest BCUT2D eigenvalue weighted by Crippen LogP contribution is -2.56. The molecule has 1 aromatic carbocycles. The summed E-state index contributed by atoms with van der Waals surface area (Å²) < 4.78 is 0. The lowest BCUT2D eigenvalue weighted by molar-refractivity contribution is -0.124. The molecule has 1 fully saturated rings. The number of hydrogen-bond acceptors (Lipinski definition) is 4. The third-order valence-corrected chi connectivity index (χ3v) is 3.26. The third-order valence-electron chi connectivity index (χ3n) is 3.03. The number of anilines is 2. The molecule has 0 aliphatic carbocycles. The predicted octanol–water partition coefficient (Wildman–Crippen LogP) is 0.432. The number of rotatable bonds is 3. The van der Waals surface area contributed by atoms with Gasteiger partial charge in [0.05, 0.1) is 17.9 Å². The van der Waals surface area contributed by atoms with Crippen LogP contribution in [0.1, 0.15) is 0 Å². The van der Waals surface area contributed by atoms with Crippen LogP contribution in [0.5, 0.6) is 0 Å². The topological polar surface area (TPSA) is 73.5 Å². The number of benzene rings is 1. The molecule has 0 spiro atoms. The number of nitrogens with one attached hydrogen (secondary N) is 3. The molecule has 2 rings (SSSR count). The van der Waals surface area contributed by atoms with Crippen LogP contribution in [-0.2, 0) is 9.59 Å². The van der Waals surface area contributed by atoms with E-state index in [4.69, 9.17) is 11.6 Å². The average molecular weight is 297 g/mol. The largest absolute Gasteiger partial charge is 0.376 e. The minimum Gasteiger partial charge on any atom is -0.376 e. The van der Waals surface area contributed by atoms with Crippen molar-refractivity contribution < 1.29 is 9.59 Å². The zero-order valence-corrected chi connectivity index (χ0v) is 12.1. The van der Waals surface area contributed by atoms with Crippen molar-refractivity contribution in [2.24, 2.45) is 0 Å². The van der Waals surface area contributed by atoms with Crippen molar-refractivity contribution in [2.75, 3.05) is 37.4 Å². The van der Waals surface area contributed by atoms with Crippen molar-refractivity contribution in [1.29, 1.82) is 0 Å². The van der Waals surface area contributed by atoms with Crippen LogP contribution in [0.3, 0.4) is 0 Å². The van der Waals surface area contributed by atoms with Crippen molar-refractivity contribution in [3.05, 3.63) is 23.2 Å². The summed E-state index contributed by atoms with van der Waals surface area (Å²) in [6.07, 6.45) is 0. The number of piperazine rings is 1. The van der Waals surface area contributed by atoms with Gasteiger partial charge >= 0.3 is 0 Å². The lowest BCUT2D eigenvalue weighted by atomic mass is 10.2. The fourth-order valence-electron chi connectivity index (χ4n) is 1.97. The van der Waals surface area contributed by atoms with E-state index in [0.717, 1.165) is 5.69 Å². The molecule has 0 bridgehead atoms. The van der Waals surface area contributed by atoms with Crippen LogP contribution in [0, 0.1) is 0 Å². The second-order valence-corrected chi connectivity index (χ2v) is 5.22. The average Bonchev–Trinajstić information content (AvgIpc) is 2.39. The first-order valence-corrected chi connectivity index (χ1v) is 6.63. The summed E-state index contributed by atoms with van der Waals surface area (Å²) in [4.78, 5) is 25.1. The Bertz CT molecular complexity index is 523. The van der Waals surface area contributed by atoms with E-state index in [1.165, 1.54) is 0 Å². The van der Waals surface area contributed by atoms with Crippen LogP contribution in [0.2, 0.25) is 5.02 Å². The van der Waals surface area contributed by atoms with Gasteiger partial charge < -0.3 is 15.5 Å². The Morgan fingerprint density at radius 1 is 1.45 bits per heavy atom. The number of halogens is 1. The SMILES string of the molecule is CN(C)c1ccc(Cl)cc1NC(=O)C1CNC(=O)CN1. The van der Waals surface area contributed by atoms with Gasteiger partial charge in [0.1, 0.15) is 6.04 Å². The highest BCUT2D eigenvalue weighted by Crippen LogP contribution is 2.27. The summed E-state index contributed by atoms with van der Waals surface area (Å²) in [7, 11) is 3.77. The van der Waals surface area contributed by atoms with E-state index >= 15 is 0 Å². The first kappa shape index (κ1) is 14.6. The van der Waals surface area contributed by atoms with E-state index in [9.17, 15) is 9.59 Å². The van der Waals surface area contributed by atoms with Crippen molar-refractivity contribution in [3.8, 4) is 0 Å². The zero-order valence-electron chi connectivity index (χ0n) is 11.4. The first-order valence-electron chi connectivity index (χ1n) is 6.25. The Balaban J connectivity index is 2.11. The molecule has 20 heavy (non-hydrogen) atoms. The fraction of sp³-hybridized carbons (Fsp3) is 0.385. The normalized spacial score (nSPS) is 18.4. The highest BCUT2D eigenvalue weighted by atomic mass is 35.5. The Morgan fingerprint density at radius 2 is 2.20 bits per heavy atom. The number of carbonyl (C=O) groups is 2. The van der Waals surface area contributed by atoms with Crippen LogP contribution in [0.15, 0.2) is 18.2 Å². The molecule has 1 aliphatic heterocycles. The third kappa shape index (κ3) is 3.40. The molecule has 6 nitrogen and oxygen atoms in total. The maximum atomic E-state index is 12.2. The van der Waals surface area contributed by atoms with E-state index in [-0.39, 0.29) is 24.9 Å². The van der Waals surface area contributed by atoms with Crippen molar-refractivity contribution in [3.63, 3.8) is 0 Å². The molecule has 3 N–H and O–H groups in total. The van der Waals surface area contributed by atoms with Gasteiger partial charge in [-0.2, -0.15) is 0 Å². The molecule has 0 radical (unpaired) electrons. The fourth-order valence-corrected chi connectivity index (χ4v) is 2.14. The minimum absolute atomic E-state index is 0.106.